The molecule has 28 heavy (non-hydrogen) atoms. The van der Waals surface area contributed by atoms with Crippen LogP contribution in [0.3, 0.4) is 0 Å². The lowest BCUT2D eigenvalue weighted by Gasteiger charge is -2.29. The van der Waals surface area contributed by atoms with Gasteiger partial charge in [0.2, 0.25) is 0 Å². The SMILES string of the molecule is CN(Cc1ccc(N2CCOCC2)cc1)C(=O)c1csc(-c2ccccc2)n1. The summed E-state index contributed by atoms with van der Waals surface area (Å²) in [5.41, 5.74) is 3.84. The van der Waals surface area contributed by atoms with Gasteiger partial charge in [0, 0.05) is 43.3 Å². The van der Waals surface area contributed by atoms with Crippen LogP contribution in [-0.2, 0) is 11.3 Å². The first kappa shape index (κ1) is 18.7. The fraction of sp³-hybridized carbons (Fsp3) is 0.273. The topological polar surface area (TPSA) is 45.7 Å². The predicted molar refractivity (Wildman–Crippen MR) is 113 cm³/mol. The second-order valence-electron chi connectivity index (χ2n) is 6.83. The molecule has 0 spiro atoms. The quantitative estimate of drug-likeness (QED) is 0.659. The number of rotatable bonds is 5. The molecule has 5 nitrogen and oxygen atoms in total. The lowest BCUT2D eigenvalue weighted by molar-refractivity contribution is 0.0780. The lowest BCUT2D eigenvalue weighted by Crippen LogP contribution is -2.36. The second kappa shape index (κ2) is 8.54. The van der Waals surface area contributed by atoms with E-state index in [4.69, 9.17) is 4.74 Å². The average Bonchev–Trinajstić information content (AvgIpc) is 3.25. The van der Waals surface area contributed by atoms with E-state index < -0.39 is 0 Å². The minimum Gasteiger partial charge on any atom is -0.378 e. The van der Waals surface area contributed by atoms with Crippen molar-refractivity contribution in [2.75, 3.05) is 38.3 Å². The number of anilines is 1. The number of nitrogens with zero attached hydrogens (tertiary/aromatic N) is 3. The summed E-state index contributed by atoms with van der Waals surface area (Å²) >= 11 is 1.50. The largest absolute Gasteiger partial charge is 0.378 e. The van der Waals surface area contributed by atoms with Crippen molar-refractivity contribution < 1.29 is 9.53 Å². The number of benzene rings is 2. The van der Waals surface area contributed by atoms with Crippen molar-refractivity contribution in [3.05, 3.63) is 71.2 Å². The Morgan fingerprint density at radius 2 is 1.82 bits per heavy atom. The van der Waals surface area contributed by atoms with Crippen LogP contribution in [0.1, 0.15) is 16.1 Å². The molecule has 1 saturated heterocycles. The number of hydrogen-bond donors (Lipinski definition) is 0. The number of aromatic nitrogens is 1. The van der Waals surface area contributed by atoms with Crippen LogP contribution in [-0.4, -0.2) is 49.1 Å². The minimum atomic E-state index is -0.0595. The average molecular weight is 394 g/mol. The predicted octanol–water partition coefficient (Wildman–Crippen LogP) is 3.92. The van der Waals surface area contributed by atoms with Gasteiger partial charge in [-0.1, -0.05) is 42.5 Å². The van der Waals surface area contributed by atoms with Crippen LogP contribution in [0.5, 0.6) is 0 Å². The highest BCUT2D eigenvalue weighted by Crippen LogP contribution is 2.24. The van der Waals surface area contributed by atoms with Gasteiger partial charge in [0.1, 0.15) is 10.7 Å². The molecule has 0 radical (unpaired) electrons. The fourth-order valence-electron chi connectivity index (χ4n) is 3.26. The monoisotopic (exact) mass is 393 g/mol. The van der Waals surface area contributed by atoms with Crippen LogP contribution in [0.4, 0.5) is 5.69 Å². The van der Waals surface area contributed by atoms with E-state index in [2.05, 4.69) is 34.1 Å². The van der Waals surface area contributed by atoms with Crippen LogP contribution in [0.25, 0.3) is 10.6 Å². The van der Waals surface area contributed by atoms with Gasteiger partial charge in [-0.25, -0.2) is 4.98 Å². The van der Waals surface area contributed by atoms with Crippen LogP contribution >= 0.6 is 11.3 Å². The van der Waals surface area contributed by atoms with E-state index >= 15 is 0 Å². The zero-order chi connectivity index (χ0) is 19.3. The van der Waals surface area contributed by atoms with Crippen molar-refractivity contribution in [3.8, 4) is 10.6 Å². The molecule has 2 heterocycles. The summed E-state index contributed by atoms with van der Waals surface area (Å²) in [5, 5.41) is 2.70. The molecule has 1 aromatic heterocycles. The normalized spacial score (nSPS) is 14.1. The number of carbonyl (C=O) groups excluding carboxylic acids is 1. The van der Waals surface area contributed by atoms with Crippen LogP contribution in [0.2, 0.25) is 0 Å². The molecule has 2 aromatic carbocycles. The molecule has 1 aliphatic rings. The third-order valence-corrected chi connectivity index (χ3v) is 5.71. The fourth-order valence-corrected chi connectivity index (χ4v) is 4.06. The van der Waals surface area contributed by atoms with Crippen LogP contribution in [0.15, 0.2) is 60.0 Å². The van der Waals surface area contributed by atoms with E-state index in [9.17, 15) is 4.79 Å². The number of ether oxygens (including phenoxy) is 1. The van der Waals surface area contributed by atoms with Gasteiger partial charge in [-0.05, 0) is 17.7 Å². The maximum absolute atomic E-state index is 12.8. The lowest BCUT2D eigenvalue weighted by atomic mass is 10.1. The highest BCUT2D eigenvalue weighted by Gasteiger charge is 2.17. The number of hydrogen-bond acceptors (Lipinski definition) is 5. The van der Waals surface area contributed by atoms with Gasteiger partial charge in [-0.2, -0.15) is 0 Å². The Kier molecular flexibility index (Phi) is 5.69. The number of carbonyl (C=O) groups is 1. The molecule has 144 valence electrons. The zero-order valence-electron chi connectivity index (χ0n) is 15.9. The minimum absolute atomic E-state index is 0.0595. The Hall–Kier alpha value is -2.70. The van der Waals surface area contributed by atoms with Gasteiger partial charge in [-0.15, -0.1) is 11.3 Å². The van der Waals surface area contributed by atoms with Crippen LogP contribution in [0, 0.1) is 0 Å². The summed E-state index contributed by atoms with van der Waals surface area (Å²) in [4.78, 5) is 21.3. The zero-order valence-corrected chi connectivity index (χ0v) is 16.7. The number of amides is 1. The molecule has 0 unspecified atom stereocenters. The van der Waals surface area contributed by atoms with Gasteiger partial charge in [0.15, 0.2) is 0 Å². The van der Waals surface area contributed by atoms with Crippen molar-refractivity contribution in [3.63, 3.8) is 0 Å². The molecule has 0 saturated carbocycles. The third-order valence-electron chi connectivity index (χ3n) is 4.82. The Morgan fingerprint density at radius 3 is 2.54 bits per heavy atom. The summed E-state index contributed by atoms with van der Waals surface area (Å²) in [6.07, 6.45) is 0. The summed E-state index contributed by atoms with van der Waals surface area (Å²) in [7, 11) is 1.82. The second-order valence-corrected chi connectivity index (χ2v) is 7.69. The number of thiazole rings is 1. The first-order valence-corrected chi connectivity index (χ1v) is 10.3. The van der Waals surface area contributed by atoms with Gasteiger partial charge in [0.25, 0.3) is 5.91 Å². The van der Waals surface area contributed by atoms with E-state index in [1.165, 1.54) is 17.0 Å². The third kappa shape index (κ3) is 4.24. The van der Waals surface area contributed by atoms with E-state index in [1.54, 1.807) is 4.90 Å². The van der Waals surface area contributed by atoms with Gasteiger partial charge in [0.05, 0.1) is 13.2 Å². The molecule has 1 fully saturated rings. The Bertz CT molecular complexity index is 918. The summed E-state index contributed by atoms with van der Waals surface area (Å²) in [5.74, 6) is -0.0595. The van der Waals surface area contributed by atoms with E-state index in [0.717, 1.165) is 42.4 Å². The molecule has 1 aliphatic heterocycles. The van der Waals surface area contributed by atoms with Gasteiger partial charge < -0.3 is 14.5 Å². The number of morpholine rings is 1. The van der Waals surface area contributed by atoms with E-state index in [-0.39, 0.29) is 5.91 Å². The van der Waals surface area contributed by atoms with E-state index in [1.807, 2.05) is 42.8 Å². The van der Waals surface area contributed by atoms with Crippen molar-refractivity contribution >= 4 is 22.9 Å². The molecular formula is C22H23N3O2S. The summed E-state index contributed by atoms with van der Waals surface area (Å²) in [6, 6.07) is 18.4. The molecule has 4 rings (SSSR count). The Morgan fingerprint density at radius 1 is 1.11 bits per heavy atom. The highest BCUT2D eigenvalue weighted by atomic mass is 32.1. The Balaban J connectivity index is 1.40. The van der Waals surface area contributed by atoms with Crippen LogP contribution < -0.4 is 4.90 Å². The first-order chi connectivity index (χ1) is 13.7. The first-order valence-electron chi connectivity index (χ1n) is 9.39. The molecular weight excluding hydrogens is 370 g/mol. The van der Waals surface area contributed by atoms with Gasteiger partial charge in [-0.3, -0.25) is 4.79 Å². The molecule has 6 heteroatoms. The molecule has 0 atom stereocenters. The standard InChI is InChI=1S/C22H23N3O2S/c1-24(15-17-7-9-19(10-8-17)25-11-13-27-14-12-25)22(26)20-16-28-21(23-20)18-5-3-2-4-6-18/h2-10,16H,11-15H2,1H3. The van der Waals surface area contributed by atoms with Crippen molar-refractivity contribution in [1.29, 1.82) is 0 Å². The molecule has 0 aliphatic carbocycles. The molecule has 0 N–H and O–H groups in total. The highest BCUT2D eigenvalue weighted by molar-refractivity contribution is 7.13. The summed E-state index contributed by atoms with van der Waals surface area (Å²) < 4.78 is 5.40. The molecule has 3 aromatic rings. The smallest absolute Gasteiger partial charge is 0.273 e. The molecule has 0 bridgehead atoms. The van der Waals surface area contributed by atoms with E-state index in [0.29, 0.717) is 12.2 Å². The maximum atomic E-state index is 12.8. The molecule has 1 amide bonds. The summed E-state index contributed by atoms with van der Waals surface area (Å²) in [6.45, 7) is 3.95. The van der Waals surface area contributed by atoms with Crippen molar-refractivity contribution in [1.82, 2.24) is 9.88 Å². The maximum Gasteiger partial charge on any atom is 0.273 e. The van der Waals surface area contributed by atoms with Crippen molar-refractivity contribution in [2.24, 2.45) is 0 Å². The van der Waals surface area contributed by atoms with Gasteiger partial charge >= 0.3 is 0 Å². The Labute approximate surface area is 169 Å². The van der Waals surface area contributed by atoms with Crippen molar-refractivity contribution in [2.45, 2.75) is 6.54 Å².